The Morgan fingerprint density at radius 1 is 0.914 bits per heavy atom. The van der Waals surface area contributed by atoms with Gasteiger partial charge in [-0.2, -0.15) is 0 Å². The molecule has 10 nitrogen and oxygen atoms in total. The van der Waals surface area contributed by atoms with E-state index in [1.165, 1.54) is 48.9 Å². The molecule has 178 valence electrons. The lowest BCUT2D eigenvalue weighted by molar-refractivity contribution is -0.124. The zero-order chi connectivity index (χ0) is 24.8. The Labute approximate surface area is 201 Å². The number of hydrogen-bond donors (Lipinski definition) is 2. The topological polar surface area (TPSA) is 140 Å². The second kappa shape index (κ2) is 10.3. The third-order valence-corrected chi connectivity index (χ3v) is 6.34. The lowest BCUT2D eigenvalue weighted by Crippen LogP contribution is -2.32. The molecular weight excluding hydrogens is 470 g/mol. The molecule has 0 aliphatic heterocycles. The van der Waals surface area contributed by atoms with Crippen LogP contribution in [0.15, 0.2) is 84.1 Å². The zero-order valence-electron chi connectivity index (χ0n) is 18.6. The van der Waals surface area contributed by atoms with Gasteiger partial charge in [-0.05, 0) is 55.0 Å². The van der Waals surface area contributed by atoms with Crippen molar-refractivity contribution in [3.8, 4) is 0 Å². The number of nitrogens with zero attached hydrogens (tertiary/aromatic N) is 3. The number of fused-ring (bicyclic) bond motifs is 1. The molecule has 0 aliphatic rings. The molecular formula is C24H21N5O5S. The van der Waals surface area contributed by atoms with Crippen molar-refractivity contribution in [3.63, 3.8) is 0 Å². The number of esters is 1. The maximum atomic E-state index is 12.7. The first-order chi connectivity index (χ1) is 16.9. The second-order valence-electron chi connectivity index (χ2n) is 7.37. The van der Waals surface area contributed by atoms with Gasteiger partial charge >= 0.3 is 5.97 Å². The van der Waals surface area contributed by atoms with Gasteiger partial charge in [0.25, 0.3) is 15.9 Å². The van der Waals surface area contributed by atoms with Crippen LogP contribution in [0.1, 0.15) is 23.7 Å². The highest BCUT2D eigenvalue weighted by Gasteiger charge is 2.24. The van der Waals surface area contributed by atoms with Crippen molar-refractivity contribution in [1.29, 1.82) is 0 Å². The molecule has 0 saturated carbocycles. The van der Waals surface area contributed by atoms with Crippen LogP contribution in [-0.2, 0) is 19.6 Å². The number of rotatable bonds is 8. The molecule has 0 bridgehead atoms. The highest BCUT2D eigenvalue weighted by molar-refractivity contribution is 7.92. The SMILES string of the molecule is CCC(OC(=O)c1cccc2nccnc12)C(=O)Nc1ccc(S(=O)(=O)Nc2ccccn2)cc1. The van der Waals surface area contributed by atoms with Crippen LogP contribution in [0, 0.1) is 0 Å². The standard InChI is InChI=1S/C24H21N5O5S/c1-2-20(34-24(31)18-6-5-7-19-22(18)27-15-14-25-19)23(30)28-16-9-11-17(12-10-16)35(32,33)29-21-8-3-4-13-26-21/h3-15,20H,2H2,1H3,(H,26,29)(H,28,30). The number of ether oxygens (including phenoxy) is 1. The van der Waals surface area contributed by atoms with Crippen molar-refractivity contribution in [3.05, 3.63) is 84.8 Å². The van der Waals surface area contributed by atoms with Crippen LogP contribution in [0.25, 0.3) is 11.0 Å². The smallest absolute Gasteiger partial charge is 0.341 e. The van der Waals surface area contributed by atoms with E-state index >= 15 is 0 Å². The van der Waals surface area contributed by atoms with Crippen LogP contribution >= 0.6 is 0 Å². The van der Waals surface area contributed by atoms with E-state index in [2.05, 4.69) is 25.0 Å². The molecule has 2 N–H and O–H groups in total. The molecule has 4 rings (SSSR count). The van der Waals surface area contributed by atoms with Crippen molar-refractivity contribution in [2.24, 2.45) is 0 Å². The van der Waals surface area contributed by atoms with Gasteiger partial charge in [0.2, 0.25) is 0 Å². The maximum absolute atomic E-state index is 12.7. The van der Waals surface area contributed by atoms with E-state index in [4.69, 9.17) is 4.74 Å². The van der Waals surface area contributed by atoms with Crippen molar-refractivity contribution < 1.29 is 22.7 Å². The molecule has 1 atom stereocenters. The molecule has 4 aromatic rings. The first-order valence-corrected chi connectivity index (χ1v) is 12.1. The van der Waals surface area contributed by atoms with E-state index in [-0.39, 0.29) is 22.7 Å². The van der Waals surface area contributed by atoms with Crippen LogP contribution in [0.3, 0.4) is 0 Å². The Hall–Kier alpha value is -4.38. The highest BCUT2D eigenvalue weighted by atomic mass is 32.2. The molecule has 0 saturated heterocycles. The van der Waals surface area contributed by atoms with Crippen LogP contribution in [-0.4, -0.2) is 41.4 Å². The molecule has 0 radical (unpaired) electrons. The van der Waals surface area contributed by atoms with Gasteiger partial charge < -0.3 is 10.1 Å². The number of sulfonamides is 1. The van der Waals surface area contributed by atoms with Gasteiger partial charge in [-0.15, -0.1) is 0 Å². The number of hydrogen-bond acceptors (Lipinski definition) is 8. The molecule has 0 aliphatic carbocycles. The molecule has 11 heteroatoms. The Kier molecular flexibility index (Phi) is 6.97. The monoisotopic (exact) mass is 491 g/mol. The number of amides is 1. The zero-order valence-corrected chi connectivity index (χ0v) is 19.4. The summed E-state index contributed by atoms with van der Waals surface area (Å²) in [6.45, 7) is 1.71. The number of carbonyl (C=O) groups excluding carboxylic acids is 2. The molecule has 1 unspecified atom stereocenters. The number of benzene rings is 2. The minimum Gasteiger partial charge on any atom is -0.449 e. The van der Waals surface area contributed by atoms with E-state index < -0.39 is 28.0 Å². The summed E-state index contributed by atoms with van der Waals surface area (Å²) in [6, 6.07) is 15.4. The number of pyridine rings is 1. The minimum atomic E-state index is -3.85. The average Bonchev–Trinajstić information content (AvgIpc) is 2.87. The normalized spacial score (nSPS) is 12.0. The molecule has 0 fully saturated rings. The van der Waals surface area contributed by atoms with E-state index in [0.717, 1.165) is 0 Å². The summed E-state index contributed by atoms with van der Waals surface area (Å²) in [4.78, 5) is 37.8. The third-order valence-electron chi connectivity index (χ3n) is 4.97. The average molecular weight is 492 g/mol. The van der Waals surface area contributed by atoms with Crippen molar-refractivity contribution >= 4 is 44.4 Å². The summed E-state index contributed by atoms with van der Waals surface area (Å²) in [5.74, 6) is -1.05. The molecule has 0 spiro atoms. The molecule has 35 heavy (non-hydrogen) atoms. The van der Waals surface area contributed by atoms with Gasteiger partial charge in [-0.25, -0.2) is 18.2 Å². The summed E-state index contributed by atoms with van der Waals surface area (Å²) in [5, 5.41) is 2.64. The number of aromatic nitrogens is 3. The second-order valence-corrected chi connectivity index (χ2v) is 9.05. The van der Waals surface area contributed by atoms with Gasteiger partial charge in [0, 0.05) is 24.3 Å². The van der Waals surface area contributed by atoms with E-state index in [9.17, 15) is 18.0 Å². The molecule has 2 aromatic carbocycles. The quantitative estimate of drug-likeness (QED) is 0.357. The Balaban J connectivity index is 1.43. The lowest BCUT2D eigenvalue weighted by Gasteiger charge is -2.16. The van der Waals surface area contributed by atoms with Crippen molar-refractivity contribution in [2.75, 3.05) is 10.0 Å². The molecule has 2 aromatic heterocycles. The first-order valence-electron chi connectivity index (χ1n) is 10.6. The highest BCUT2D eigenvalue weighted by Crippen LogP contribution is 2.19. The summed E-state index contributed by atoms with van der Waals surface area (Å²) in [7, 11) is -3.85. The van der Waals surface area contributed by atoms with E-state index in [0.29, 0.717) is 16.7 Å². The van der Waals surface area contributed by atoms with Gasteiger partial charge in [-0.1, -0.05) is 19.1 Å². The van der Waals surface area contributed by atoms with Crippen LogP contribution in [0.2, 0.25) is 0 Å². The Bertz CT molecular complexity index is 1460. The Morgan fingerprint density at radius 2 is 1.69 bits per heavy atom. The fourth-order valence-electron chi connectivity index (χ4n) is 3.23. The van der Waals surface area contributed by atoms with Crippen molar-refractivity contribution in [1.82, 2.24) is 15.0 Å². The van der Waals surface area contributed by atoms with Gasteiger partial charge in [-0.3, -0.25) is 19.5 Å². The maximum Gasteiger partial charge on any atom is 0.341 e. The number of nitrogens with one attached hydrogen (secondary N) is 2. The number of anilines is 2. The van der Waals surface area contributed by atoms with Crippen LogP contribution in [0.4, 0.5) is 11.5 Å². The fraction of sp³-hybridized carbons (Fsp3) is 0.125. The van der Waals surface area contributed by atoms with E-state index in [1.54, 1.807) is 37.3 Å². The largest absolute Gasteiger partial charge is 0.449 e. The predicted octanol–water partition coefficient (Wildman–Crippen LogP) is 3.40. The third kappa shape index (κ3) is 5.58. The molecule has 2 heterocycles. The first kappa shape index (κ1) is 23.8. The lowest BCUT2D eigenvalue weighted by atomic mass is 10.1. The summed E-state index contributed by atoms with van der Waals surface area (Å²) < 4.78 is 32.9. The summed E-state index contributed by atoms with van der Waals surface area (Å²) in [6.07, 6.45) is 3.63. The number of para-hydroxylation sites is 1. The molecule has 1 amide bonds. The Morgan fingerprint density at radius 3 is 2.40 bits per heavy atom. The summed E-state index contributed by atoms with van der Waals surface area (Å²) in [5.41, 5.74) is 1.47. The van der Waals surface area contributed by atoms with Crippen LogP contribution in [0.5, 0.6) is 0 Å². The minimum absolute atomic E-state index is 0.00307. The van der Waals surface area contributed by atoms with Gasteiger partial charge in [0.15, 0.2) is 6.10 Å². The van der Waals surface area contributed by atoms with Gasteiger partial charge in [0.05, 0.1) is 16.0 Å². The fourth-order valence-corrected chi connectivity index (χ4v) is 4.24. The van der Waals surface area contributed by atoms with Crippen molar-refractivity contribution in [2.45, 2.75) is 24.3 Å². The van der Waals surface area contributed by atoms with Crippen LogP contribution < -0.4 is 10.0 Å². The number of carbonyl (C=O) groups is 2. The summed E-state index contributed by atoms with van der Waals surface area (Å²) >= 11 is 0. The predicted molar refractivity (Wildman–Crippen MR) is 129 cm³/mol. The van der Waals surface area contributed by atoms with Gasteiger partial charge in [0.1, 0.15) is 11.3 Å². The van der Waals surface area contributed by atoms with E-state index in [1.807, 2.05) is 0 Å².